The Morgan fingerprint density at radius 2 is 2.10 bits per heavy atom. The van der Waals surface area contributed by atoms with Gasteiger partial charge in [-0.3, -0.25) is 14.8 Å². The van der Waals surface area contributed by atoms with Crippen LogP contribution >= 0.6 is 0 Å². The van der Waals surface area contributed by atoms with Crippen molar-refractivity contribution < 1.29 is 9.84 Å². The van der Waals surface area contributed by atoms with Gasteiger partial charge in [-0.15, -0.1) is 0 Å². The van der Waals surface area contributed by atoms with Gasteiger partial charge in [-0.25, -0.2) is 0 Å². The lowest BCUT2D eigenvalue weighted by Gasteiger charge is -2.46. The highest BCUT2D eigenvalue weighted by atomic mass is 16.5. The Bertz CT molecular complexity index is 437. The van der Waals surface area contributed by atoms with Gasteiger partial charge in [0.2, 0.25) is 0 Å². The number of ether oxygens (including phenoxy) is 1. The fraction of sp³-hybridized carbons (Fsp3) is 0.688. The zero-order chi connectivity index (χ0) is 14.7. The van der Waals surface area contributed by atoms with Gasteiger partial charge in [0.25, 0.3) is 0 Å². The van der Waals surface area contributed by atoms with E-state index in [1.807, 2.05) is 18.5 Å². The lowest BCUT2D eigenvalue weighted by molar-refractivity contribution is -0.151. The second-order valence-corrected chi connectivity index (χ2v) is 6.43. The van der Waals surface area contributed by atoms with Gasteiger partial charge in [0.1, 0.15) is 0 Å². The van der Waals surface area contributed by atoms with E-state index in [1.165, 1.54) is 5.56 Å². The highest BCUT2D eigenvalue weighted by Crippen LogP contribution is 2.29. The summed E-state index contributed by atoms with van der Waals surface area (Å²) in [6.45, 7) is 9.11. The van der Waals surface area contributed by atoms with Crippen molar-refractivity contribution in [3.05, 3.63) is 30.1 Å². The Labute approximate surface area is 126 Å². The molecule has 2 aliphatic heterocycles. The third kappa shape index (κ3) is 3.26. The van der Waals surface area contributed by atoms with E-state index in [0.717, 1.165) is 32.7 Å². The molecule has 0 bridgehead atoms. The first-order valence-corrected chi connectivity index (χ1v) is 7.77. The summed E-state index contributed by atoms with van der Waals surface area (Å²) in [5, 5.41) is 9.53. The summed E-state index contributed by atoms with van der Waals surface area (Å²) in [4.78, 5) is 9.19. The first-order valence-electron chi connectivity index (χ1n) is 7.77. The molecule has 0 radical (unpaired) electrons. The topological polar surface area (TPSA) is 48.8 Å². The monoisotopic (exact) mass is 291 g/mol. The predicted octanol–water partition coefficient (Wildman–Crippen LogP) is 0.769. The van der Waals surface area contributed by atoms with E-state index in [1.54, 1.807) is 0 Å². The fourth-order valence-corrected chi connectivity index (χ4v) is 3.24. The van der Waals surface area contributed by atoms with Crippen molar-refractivity contribution in [3.63, 3.8) is 0 Å². The van der Waals surface area contributed by atoms with Crippen molar-refractivity contribution in [1.82, 2.24) is 14.8 Å². The highest BCUT2D eigenvalue weighted by molar-refractivity contribution is 5.13. The zero-order valence-corrected chi connectivity index (χ0v) is 12.7. The van der Waals surface area contributed by atoms with Gasteiger partial charge in [-0.1, -0.05) is 6.07 Å². The van der Waals surface area contributed by atoms with Crippen molar-refractivity contribution in [3.8, 4) is 0 Å². The molecule has 0 saturated carbocycles. The van der Waals surface area contributed by atoms with Crippen LogP contribution in [0.15, 0.2) is 24.5 Å². The lowest BCUT2D eigenvalue weighted by Crippen LogP contribution is -2.57. The molecule has 1 aromatic rings. The summed E-state index contributed by atoms with van der Waals surface area (Å²) in [6.07, 6.45) is 3.78. The second kappa shape index (κ2) is 6.40. The van der Waals surface area contributed by atoms with Crippen LogP contribution in [0.3, 0.4) is 0 Å². The van der Waals surface area contributed by atoms with Crippen molar-refractivity contribution in [2.45, 2.75) is 13.0 Å². The molecule has 5 nitrogen and oxygen atoms in total. The maximum atomic E-state index is 9.53. The van der Waals surface area contributed by atoms with Crippen LogP contribution < -0.4 is 0 Å². The minimum Gasteiger partial charge on any atom is -0.396 e. The van der Waals surface area contributed by atoms with Crippen molar-refractivity contribution >= 4 is 0 Å². The fourth-order valence-electron chi connectivity index (χ4n) is 3.24. The quantitative estimate of drug-likeness (QED) is 0.868. The Kier molecular flexibility index (Phi) is 4.54. The molecular formula is C16H25N3O2. The van der Waals surface area contributed by atoms with Gasteiger partial charge >= 0.3 is 0 Å². The molecule has 3 heterocycles. The molecule has 0 spiro atoms. The third-order valence-electron chi connectivity index (χ3n) is 4.83. The Morgan fingerprint density at radius 3 is 2.62 bits per heavy atom. The number of nitrogens with zero attached hydrogens (tertiary/aromatic N) is 3. The van der Waals surface area contributed by atoms with Crippen molar-refractivity contribution in [2.75, 3.05) is 52.5 Å². The smallest absolute Gasteiger partial charge is 0.0579 e. The number of pyridine rings is 1. The highest BCUT2D eigenvalue weighted by Gasteiger charge is 2.40. The minimum absolute atomic E-state index is 0.00284. The third-order valence-corrected chi connectivity index (χ3v) is 4.83. The number of aromatic nitrogens is 1. The van der Waals surface area contributed by atoms with E-state index in [0.29, 0.717) is 19.3 Å². The molecule has 0 aromatic carbocycles. The molecule has 0 aliphatic carbocycles. The van der Waals surface area contributed by atoms with E-state index in [-0.39, 0.29) is 12.0 Å². The number of hydrogen-bond acceptors (Lipinski definition) is 5. The molecular weight excluding hydrogens is 266 g/mol. The Hall–Kier alpha value is -1.01. The summed E-state index contributed by atoms with van der Waals surface area (Å²) >= 11 is 0. The maximum absolute atomic E-state index is 9.53. The first-order chi connectivity index (χ1) is 10.2. The van der Waals surface area contributed by atoms with Crippen molar-refractivity contribution in [1.29, 1.82) is 0 Å². The minimum atomic E-state index is -0.00284. The number of piperazine rings is 1. The zero-order valence-electron chi connectivity index (χ0n) is 12.7. The number of aliphatic hydroxyl groups excluding tert-OH is 1. The number of hydrogen-bond donors (Lipinski definition) is 1. The molecule has 5 heteroatoms. The molecule has 1 unspecified atom stereocenters. The normalized spacial score (nSPS) is 24.5. The molecule has 2 saturated heterocycles. The largest absolute Gasteiger partial charge is 0.396 e. The van der Waals surface area contributed by atoms with Crippen LogP contribution in [0.5, 0.6) is 0 Å². The molecule has 3 rings (SSSR count). The molecule has 116 valence electrons. The van der Waals surface area contributed by atoms with Gasteiger partial charge in [0.05, 0.1) is 25.2 Å². The van der Waals surface area contributed by atoms with E-state index >= 15 is 0 Å². The second-order valence-electron chi connectivity index (χ2n) is 6.43. The van der Waals surface area contributed by atoms with Gasteiger partial charge in [0, 0.05) is 51.2 Å². The van der Waals surface area contributed by atoms with E-state index in [4.69, 9.17) is 4.74 Å². The molecule has 2 aliphatic rings. The van der Waals surface area contributed by atoms with E-state index in [9.17, 15) is 5.11 Å². The van der Waals surface area contributed by atoms with Gasteiger partial charge in [0.15, 0.2) is 0 Å². The van der Waals surface area contributed by atoms with Gasteiger partial charge in [-0.05, 0) is 18.6 Å². The Morgan fingerprint density at radius 1 is 1.33 bits per heavy atom. The van der Waals surface area contributed by atoms with E-state index < -0.39 is 0 Å². The summed E-state index contributed by atoms with van der Waals surface area (Å²) in [5.41, 5.74) is 1.28. The standard InChI is InChI=1S/C16H25N3O2/c1-14(15-3-2-4-17-9-15)19-7-5-18(6-8-19)10-16(11-20)12-21-13-16/h2-4,9,14,20H,5-8,10-13H2,1H3. The number of aliphatic hydroxyl groups is 1. The predicted molar refractivity (Wildman–Crippen MR) is 81.0 cm³/mol. The Balaban J connectivity index is 1.51. The van der Waals surface area contributed by atoms with Crippen LogP contribution in [0.4, 0.5) is 0 Å². The lowest BCUT2D eigenvalue weighted by atomic mass is 9.86. The molecule has 2 fully saturated rings. The summed E-state index contributed by atoms with van der Waals surface area (Å²) in [5.74, 6) is 0. The average molecular weight is 291 g/mol. The summed E-state index contributed by atoms with van der Waals surface area (Å²) < 4.78 is 5.28. The van der Waals surface area contributed by atoms with Crippen LogP contribution in [-0.2, 0) is 4.74 Å². The molecule has 1 N–H and O–H groups in total. The van der Waals surface area contributed by atoms with Crippen LogP contribution in [0.1, 0.15) is 18.5 Å². The average Bonchev–Trinajstić information content (AvgIpc) is 2.52. The van der Waals surface area contributed by atoms with Gasteiger partial charge < -0.3 is 9.84 Å². The maximum Gasteiger partial charge on any atom is 0.0579 e. The van der Waals surface area contributed by atoms with Crippen LogP contribution in [0.25, 0.3) is 0 Å². The summed E-state index contributed by atoms with van der Waals surface area (Å²) in [7, 11) is 0. The van der Waals surface area contributed by atoms with Crippen LogP contribution in [-0.4, -0.2) is 72.4 Å². The summed E-state index contributed by atoms with van der Waals surface area (Å²) in [6, 6.07) is 4.57. The first kappa shape index (κ1) is 14.9. The van der Waals surface area contributed by atoms with Gasteiger partial charge in [-0.2, -0.15) is 0 Å². The van der Waals surface area contributed by atoms with Crippen molar-refractivity contribution in [2.24, 2.45) is 5.41 Å². The molecule has 1 atom stereocenters. The van der Waals surface area contributed by atoms with Crippen LogP contribution in [0, 0.1) is 5.41 Å². The molecule has 1 aromatic heterocycles. The molecule has 21 heavy (non-hydrogen) atoms. The SMILES string of the molecule is CC(c1cccnc1)N1CCN(CC2(CO)COC2)CC1. The van der Waals surface area contributed by atoms with E-state index in [2.05, 4.69) is 27.8 Å². The number of rotatable bonds is 5. The van der Waals surface area contributed by atoms with Crippen LogP contribution in [0.2, 0.25) is 0 Å². The molecule has 0 amide bonds.